The van der Waals surface area contributed by atoms with Gasteiger partial charge in [0.05, 0.1) is 12.6 Å². The van der Waals surface area contributed by atoms with Crippen molar-refractivity contribution < 1.29 is 23.4 Å². The summed E-state index contributed by atoms with van der Waals surface area (Å²) in [7, 11) is 0. The molecule has 0 unspecified atom stereocenters. The normalized spacial score (nSPS) is 17.4. The van der Waals surface area contributed by atoms with Crippen LogP contribution in [0.15, 0.2) is 48.5 Å². The summed E-state index contributed by atoms with van der Waals surface area (Å²) in [4.78, 5) is 13.8. The summed E-state index contributed by atoms with van der Waals surface area (Å²) in [6.07, 6.45) is 0.611. The van der Waals surface area contributed by atoms with E-state index in [1.807, 2.05) is 0 Å². The predicted octanol–water partition coefficient (Wildman–Crippen LogP) is 3.82. The van der Waals surface area contributed by atoms with Gasteiger partial charge in [0.15, 0.2) is 0 Å². The average Bonchev–Trinajstić information content (AvgIpc) is 3.11. The Kier molecular flexibility index (Phi) is 5.23. The van der Waals surface area contributed by atoms with Gasteiger partial charge in [-0.25, -0.2) is 13.6 Å². The Morgan fingerprint density at radius 3 is 2.27 bits per heavy atom. The number of amides is 1. The summed E-state index contributed by atoms with van der Waals surface area (Å²) in [5.41, 5.74) is -1.22. The van der Waals surface area contributed by atoms with E-state index in [0.717, 1.165) is 0 Å². The molecule has 1 aliphatic rings. The Morgan fingerprint density at radius 1 is 1.19 bits per heavy atom. The van der Waals surface area contributed by atoms with Crippen LogP contribution in [0.25, 0.3) is 0 Å². The highest BCUT2D eigenvalue weighted by Gasteiger charge is 2.48. The third kappa shape index (κ3) is 3.29. The molecule has 1 aliphatic heterocycles. The van der Waals surface area contributed by atoms with E-state index in [-0.39, 0.29) is 17.7 Å². The molecule has 0 aliphatic carbocycles. The molecule has 4 nitrogen and oxygen atoms in total. The molecule has 1 N–H and O–H groups in total. The van der Waals surface area contributed by atoms with E-state index in [2.05, 4.69) is 0 Å². The molecule has 26 heavy (non-hydrogen) atoms. The molecule has 1 atom stereocenters. The molecule has 3 rings (SSSR count). The van der Waals surface area contributed by atoms with Crippen molar-refractivity contribution in [2.24, 2.45) is 0 Å². The fourth-order valence-electron chi connectivity index (χ4n) is 3.63. The van der Waals surface area contributed by atoms with Crippen LogP contribution in [0.4, 0.5) is 13.6 Å². The van der Waals surface area contributed by atoms with Crippen LogP contribution >= 0.6 is 0 Å². The van der Waals surface area contributed by atoms with Gasteiger partial charge in [-0.05, 0) is 55.2 Å². The first-order valence-corrected chi connectivity index (χ1v) is 8.64. The van der Waals surface area contributed by atoms with Gasteiger partial charge in [0, 0.05) is 6.54 Å². The largest absolute Gasteiger partial charge is 0.450 e. The zero-order chi connectivity index (χ0) is 18.7. The third-order valence-electron chi connectivity index (χ3n) is 4.77. The Labute approximate surface area is 151 Å². The maximum absolute atomic E-state index is 13.9. The fraction of sp³-hybridized carbons (Fsp3) is 0.350. The number of likely N-dealkylation sites (tertiary alicyclic amines) is 1. The van der Waals surface area contributed by atoms with E-state index in [9.17, 15) is 18.7 Å². The van der Waals surface area contributed by atoms with Gasteiger partial charge in [-0.3, -0.25) is 0 Å². The lowest BCUT2D eigenvalue weighted by atomic mass is 9.79. The maximum atomic E-state index is 13.9. The lowest BCUT2D eigenvalue weighted by molar-refractivity contribution is -0.00519. The molecule has 1 saturated heterocycles. The van der Waals surface area contributed by atoms with Crippen LogP contribution in [0, 0.1) is 11.6 Å². The molecule has 6 heteroatoms. The minimum Gasteiger partial charge on any atom is -0.450 e. The van der Waals surface area contributed by atoms with Gasteiger partial charge in [-0.2, -0.15) is 0 Å². The van der Waals surface area contributed by atoms with Crippen molar-refractivity contribution in [2.75, 3.05) is 13.2 Å². The lowest BCUT2D eigenvalue weighted by Crippen LogP contribution is -2.50. The number of aliphatic hydroxyl groups is 1. The molecule has 1 amide bonds. The molecule has 1 heterocycles. The summed E-state index contributed by atoms with van der Waals surface area (Å²) in [6.45, 7) is 2.32. The molecule has 138 valence electrons. The minimum absolute atomic E-state index is 0.209. The number of hydrogen-bond acceptors (Lipinski definition) is 3. The van der Waals surface area contributed by atoms with Gasteiger partial charge >= 0.3 is 6.09 Å². The second-order valence-electron chi connectivity index (χ2n) is 6.34. The maximum Gasteiger partial charge on any atom is 0.410 e. The molecule has 0 saturated carbocycles. The van der Waals surface area contributed by atoms with Gasteiger partial charge in [-0.1, -0.05) is 24.3 Å². The number of rotatable bonds is 4. The van der Waals surface area contributed by atoms with E-state index < -0.39 is 29.4 Å². The highest BCUT2D eigenvalue weighted by atomic mass is 19.1. The molecular weight excluding hydrogens is 340 g/mol. The first kappa shape index (κ1) is 18.3. The monoisotopic (exact) mass is 361 g/mol. The topological polar surface area (TPSA) is 49.8 Å². The third-order valence-corrected chi connectivity index (χ3v) is 4.77. The molecule has 2 aromatic carbocycles. The summed E-state index contributed by atoms with van der Waals surface area (Å²) in [6, 6.07) is 10.4. The number of ether oxygens (including phenoxy) is 1. The smallest absolute Gasteiger partial charge is 0.410 e. The van der Waals surface area contributed by atoms with E-state index >= 15 is 0 Å². The van der Waals surface area contributed by atoms with Crippen LogP contribution in [0.5, 0.6) is 0 Å². The molecular formula is C20H21F2NO3. The van der Waals surface area contributed by atoms with Crippen LogP contribution in [-0.2, 0) is 10.3 Å². The van der Waals surface area contributed by atoms with E-state index in [1.165, 1.54) is 41.3 Å². The molecule has 0 radical (unpaired) electrons. The Hall–Kier alpha value is -2.47. The van der Waals surface area contributed by atoms with Crippen molar-refractivity contribution >= 4 is 6.09 Å². The number of carbonyl (C=O) groups excluding carboxylic acids is 1. The Balaban J connectivity index is 2.13. The summed E-state index contributed by atoms with van der Waals surface area (Å²) in [5.74, 6) is -1.03. The van der Waals surface area contributed by atoms with Crippen LogP contribution in [-0.4, -0.2) is 35.3 Å². The first-order chi connectivity index (χ1) is 12.5. The molecule has 2 aromatic rings. The van der Waals surface area contributed by atoms with Crippen molar-refractivity contribution in [3.8, 4) is 0 Å². The van der Waals surface area contributed by atoms with Crippen LogP contribution in [0.3, 0.4) is 0 Å². The summed E-state index contributed by atoms with van der Waals surface area (Å²) >= 11 is 0. The van der Waals surface area contributed by atoms with Gasteiger partial charge in [0.1, 0.15) is 17.2 Å². The van der Waals surface area contributed by atoms with E-state index in [0.29, 0.717) is 19.4 Å². The molecule has 0 bridgehead atoms. The van der Waals surface area contributed by atoms with Gasteiger partial charge in [0.25, 0.3) is 0 Å². The minimum atomic E-state index is -1.76. The first-order valence-electron chi connectivity index (χ1n) is 8.64. The highest BCUT2D eigenvalue weighted by Crippen LogP contribution is 2.41. The predicted molar refractivity (Wildman–Crippen MR) is 92.5 cm³/mol. The quantitative estimate of drug-likeness (QED) is 0.901. The Bertz CT molecular complexity index is 751. The van der Waals surface area contributed by atoms with E-state index in [4.69, 9.17) is 4.74 Å². The second kappa shape index (κ2) is 7.41. The zero-order valence-electron chi connectivity index (χ0n) is 14.5. The second-order valence-corrected chi connectivity index (χ2v) is 6.34. The lowest BCUT2D eigenvalue weighted by Gasteiger charge is -2.39. The van der Waals surface area contributed by atoms with Crippen molar-refractivity contribution in [3.05, 3.63) is 71.3 Å². The van der Waals surface area contributed by atoms with Gasteiger partial charge in [0.2, 0.25) is 0 Å². The number of halogens is 2. The molecule has 1 fully saturated rings. The zero-order valence-corrected chi connectivity index (χ0v) is 14.5. The van der Waals surface area contributed by atoms with Gasteiger partial charge in [-0.15, -0.1) is 0 Å². The van der Waals surface area contributed by atoms with Crippen LogP contribution < -0.4 is 0 Å². The van der Waals surface area contributed by atoms with Crippen molar-refractivity contribution in [3.63, 3.8) is 0 Å². The summed E-state index contributed by atoms with van der Waals surface area (Å²) in [5, 5.41) is 11.7. The van der Waals surface area contributed by atoms with Gasteiger partial charge < -0.3 is 14.7 Å². The summed E-state index contributed by atoms with van der Waals surface area (Å²) < 4.78 is 32.8. The van der Waals surface area contributed by atoms with E-state index in [1.54, 1.807) is 19.1 Å². The SMILES string of the molecule is CCOC(=O)N1CCC[C@@H]1C(O)(c1cccc(F)c1)c1cccc(F)c1. The van der Waals surface area contributed by atoms with Crippen molar-refractivity contribution in [1.82, 2.24) is 4.90 Å². The van der Waals surface area contributed by atoms with Crippen molar-refractivity contribution in [1.29, 1.82) is 0 Å². The fourth-order valence-corrected chi connectivity index (χ4v) is 3.63. The van der Waals surface area contributed by atoms with Crippen LogP contribution in [0.1, 0.15) is 30.9 Å². The highest BCUT2D eigenvalue weighted by molar-refractivity contribution is 5.69. The number of hydrogen-bond donors (Lipinski definition) is 1. The number of benzene rings is 2. The average molecular weight is 361 g/mol. The van der Waals surface area contributed by atoms with Crippen molar-refractivity contribution in [2.45, 2.75) is 31.4 Å². The van der Waals surface area contributed by atoms with Crippen LogP contribution in [0.2, 0.25) is 0 Å². The Morgan fingerprint density at radius 2 is 1.77 bits per heavy atom. The molecule has 0 spiro atoms. The standard InChI is InChI=1S/C20H21F2NO3/c1-2-26-19(24)23-11-5-10-18(23)20(25,14-6-3-8-16(21)12-14)15-7-4-9-17(22)13-15/h3-4,6-9,12-13,18,25H,2,5,10-11H2,1H3/t18-/m1/s1. The number of nitrogens with zero attached hydrogens (tertiary/aromatic N) is 1. The molecule has 0 aromatic heterocycles. The number of carbonyl (C=O) groups is 1.